The lowest BCUT2D eigenvalue weighted by Gasteiger charge is -2.11. The van der Waals surface area contributed by atoms with Gasteiger partial charge >= 0.3 is 0 Å². The molecule has 2 rings (SSSR count). The number of nitro benzene ring substituents is 1. The van der Waals surface area contributed by atoms with Crippen molar-refractivity contribution in [2.45, 2.75) is 11.8 Å². The van der Waals surface area contributed by atoms with Gasteiger partial charge in [0.1, 0.15) is 12.4 Å². The summed E-state index contributed by atoms with van der Waals surface area (Å²) < 4.78 is 32.8. The molecule has 0 bridgehead atoms. The molecule has 0 saturated heterocycles. The molecule has 0 amide bonds. The molecule has 1 N–H and O–H groups in total. The maximum Gasteiger partial charge on any atom is 0.270 e. The summed E-state index contributed by atoms with van der Waals surface area (Å²) in [5, 5.41) is 10.9. The molecule has 0 heterocycles. The predicted molar refractivity (Wildman–Crippen MR) is 90.8 cm³/mol. The molecule has 2 aromatic carbocycles. The van der Waals surface area contributed by atoms with Crippen LogP contribution >= 0.6 is 0 Å². The van der Waals surface area contributed by atoms with Gasteiger partial charge in [0.25, 0.3) is 15.7 Å². The number of hydrogen-bond donors (Lipinski definition) is 1. The van der Waals surface area contributed by atoms with Gasteiger partial charge in [-0.2, -0.15) is 0 Å². The van der Waals surface area contributed by atoms with Crippen LogP contribution in [0.2, 0.25) is 0 Å². The number of anilines is 1. The van der Waals surface area contributed by atoms with Crippen LogP contribution in [0.1, 0.15) is 5.56 Å². The van der Waals surface area contributed by atoms with Crippen molar-refractivity contribution >= 4 is 21.4 Å². The third kappa shape index (κ3) is 4.11. The van der Waals surface area contributed by atoms with E-state index in [1.54, 1.807) is 31.2 Å². The van der Waals surface area contributed by atoms with E-state index < -0.39 is 14.9 Å². The molecule has 24 heavy (non-hydrogen) atoms. The van der Waals surface area contributed by atoms with Crippen LogP contribution < -0.4 is 9.46 Å². The first-order valence-corrected chi connectivity index (χ1v) is 8.43. The summed E-state index contributed by atoms with van der Waals surface area (Å²) in [6.07, 6.45) is 1.57. The Bertz CT molecular complexity index is 878. The zero-order chi connectivity index (χ0) is 17.7. The van der Waals surface area contributed by atoms with E-state index in [2.05, 4.69) is 11.3 Å². The Morgan fingerprint density at radius 3 is 2.71 bits per heavy atom. The molecule has 0 spiro atoms. The highest BCUT2D eigenvalue weighted by Gasteiger charge is 2.20. The standard InChI is InChI=1S/C16H16N2O5S/c1-3-9-23-15-6-4-5-13(10-15)17-24(21,22)16-11-14(18(19)20)8-7-12(16)2/h3-8,10-11,17H,1,9H2,2H3. The van der Waals surface area contributed by atoms with E-state index >= 15 is 0 Å². The Balaban J connectivity index is 2.33. The molecule has 0 aliphatic carbocycles. The Hall–Kier alpha value is -2.87. The Kier molecular flexibility index (Phi) is 5.20. The average molecular weight is 348 g/mol. The predicted octanol–water partition coefficient (Wildman–Crippen LogP) is 3.27. The minimum Gasteiger partial charge on any atom is -0.489 e. The fourth-order valence-corrected chi connectivity index (χ4v) is 3.32. The van der Waals surface area contributed by atoms with E-state index in [-0.39, 0.29) is 10.6 Å². The molecule has 7 nitrogen and oxygen atoms in total. The second-order valence-electron chi connectivity index (χ2n) is 4.94. The molecule has 0 aliphatic heterocycles. The zero-order valence-corrected chi connectivity index (χ0v) is 13.7. The van der Waals surface area contributed by atoms with Crippen LogP contribution in [0.15, 0.2) is 60.0 Å². The van der Waals surface area contributed by atoms with Crippen LogP contribution in [0.3, 0.4) is 0 Å². The van der Waals surface area contributed by atoms with Crippen molar-refractivity contribution in [1.82, 2.24) is 0 Å². The monoisotopic (exact) mass is 348 g/mol. The molecule has 126 valence electrons. The number of benzene rings is 2. The smallest absolute Gasteiger partial charge is 0.270 e. The van der Waals surface area contributed by atoms with Gasteiger partial charge in [0.2, 0.25) is 0 Å². The molecule has 0 radical (unpaired) electrons. The quantitative estimate of drug-likeness (QED) is 0.470. The van der Waals surface area contributed by atoms with Gasteiger partial charge in [0.15, 0.2) is 0 Å². The van der Waals surface area contributed by atoms with Gasteiger partial charge in [0, 0.05) is 18.2 Å². The summed E-state index contributed by atoms with van der Waals surface area (Å²) in [4.78, 5) is 10.1. The Morgan fingerprint density at radius 1 is 1.29 bits per heavy atom. The molecule has 0 aliphatic rings. The average Bonchev–Trinajstić information content (AvgIpc) is 2.52. The highest BCUT2D eigenvalue weighted by atomic mass is 32.2. The molecule has 0 unspecified atom stereocenters. The summed E-state index contributed by atoms with van der Waals surface area (Å²) >= 11 is 0. The highest BCUT2D eigenvalue weighted by Crippen LogP contribution is 2.25. The molecule has 0 fully saturated rings. The molecule has 0 saturated carbocycles. The number of hydrogen-bond acceptors (Lipinski definition) is 5. The molecule has 8 heteroatoms. The van der Waals surface area contributed by atoms with Crippen molar-refractivity contribution in [3.8, 4) is 5.75 Å². The van der Waals surface area contributed by atoms with Crippen molar-refractivity contribution < 1.29 is 18.1 Å². The van der Waals surface area contributed by atoms with Crippen molar-refractivity contribution in [3.05, 3.63) is 70.8 Å². The lowest BCUT2D eigenvalue weighted by Crippen LogP contribution is -2.14. The van der Waals surface area contributed by atoms with Crippen LogP contribution in [0.25, 0.3) is 0 Å². The summed E-state index contributed by atoms with van der Waals surface area (Å²) in [6, 6.07) is 10.1. The number of nitrogens with one attached hydrogen (secondary N) is 1. The number of nitrogens with zero attached hydrogens (tertiary/aromatic N) is 1. The number of sulfonamides is 1. The molecule has 0 atom stereocenters. The molecular weight excluding hydrogens is 332 g/mol. The number of rotatable bonds is 7. The van der Waals surface area contributed by atoms with E-state index in [1.807, 2.05) is 0 Å². The zero-order valence-electron chi connectivity index (χ0n) is 12.9. The third-order valence-corrected chi connectivity index (χ3v) is 4.65. The second-order valence-corrected chi connectivity index (χ2v) is 6.59. The Morgan fingerprint density at radius 2 is 2.04 bits per heavy atom. The van der Waals surface area contributed by atoms with Gasteiger partial charge in [-0.05, 0) is 24.6 Å². The minimum atomic E-state index is -3.97. The maximum atomic E-state index is 12.5. The molecule has 0 aromatic heterocycles. The first kappa shape index (κ1) is 17.5. The second kappa shape index (κ2) is 7.14. The van der Waals surface area contributed by atoms with Crippen molar-refractivity contribution in [2.75, 3.05) is 11.3 Å². The SMILES string of the molecule is C=CCOc1cccc(NS(=O)(=O)c2cc([N+](=O)[O-])ccc2C)c1. The lowest BCUT2D eigenvalue weighted by atomic mass is 10.2. The van der Waals surface area contributed by atoms with Crippen LogP contribution in [0.5, 0.6) is 5.75 Å². The maximum absolute atomic E-state index is 12.5. The van der Waals surface area contributed by atoms with E-state index in [0.29, 0.717) is 23.6 Å². The van der Waals surface area contributed by atoms with Crippen LogP contribution in [0, 0.1) is 17.0 Å². The van der Waals surface area contributed by atoms with Gasteiger partial charge in [0.05, 0.1) is 15.5 Å². The lowest BCUT2D eigenvalue weighted by molar-refractivity contribution is -0.385. The van der Waals surface area contributed by atoms with E-state index in [0.717, 1.165) is 6.07 Å². The fourth-order valence-electron chi connectivity index (χ4n) is 2.01. The molecular formula is C16H16N2O5S. The van der Waals surface area contributed by atoms with Crippen LogP contribution in [0.4, 0.5) is 11.4 Å². The van der Waals surface area contributed by atoms with Gasteiger partial charge in [-0.1, -0.05) is 24.8 Å². The number of ether oxygens (including phenoxy) is 1. The van der Waals surface area contributed by atoms with Gasteiger partial charge in [-0.3, -0.25) is 14.8 Å². The van der Waals surface area contributed by atoms with E-state index in [1.165, 1.54) is 18.2 Å². The third-order valence-electron chi connectivity index (χ3n) is 3.13. The van der Waals surface area contributed by atoms with Crippen molar-refractivity contribution in [2.24, 2.45) is 0 Å². The molecule has 2 aromatic rings. The summed E-state index contributed by atoms with van der Waals surface area (Å²) in [5.74, 6) is 0.478. The summed E-state index contributed by atoms with van der Waals surface area (Å²) in [7, 11) is -3.97. The van der Waals surface area contributed by atoms with Crippen molar-refractivity contribution in [3.63, 3.8) is 0 Å². The number of aryl methyl sites for hydroxylation is 1. The first-order valence-electron chi connectivity index (χ1n) is 6.95. The topological polar surface area (TPSA) is 98.5 Å². The van der Waals surface area contributed by atoms with Gasteiger partial charge in [-0.25, -0.2) is 8.42 Å². The van der Waals surface area contributed by atoms with Gasteiger partial charge < -0.3 is 4.74 Å². The fraction of sp³-hybridized carbons (Fsp3) is 0.125. The highest BCUT2D eigenvalue weighted by molar-refractivity contribution is 7.92. The Labute approximate surface area is 139 Å². The van der Waals surface area contributed by atoms with Gasteiger partial charge in [-0.15, -0.1) is 0 Å². The normalized spacial score (nSPS) is 10.9. The summed E-state index contributed by atoms with van der Waals surface area (Å²) in [6.45, 7) is 5.40. The number of nitro groups is 1. The van der Waals surface area contributed by atoms with Crippen LogP contribution in [-0.2, 0) is 10.0 Å². The summed E-state index contributed by atoms with van der Waals surface area (Å²) in [5.41, 5.74) is 0.415. The largest absolute Gasteiger partial charge is 0.489 e. The van der Waals surface area contributed by atoms with Crippen LogP contribution in [-0.4, -0.2) is 19.9 Å². The van der Waals surface area contributed by atoms with E-state index in [4.69, 9.17) is 4.74 Å². The van der Waals surface area contributed by atoms with Crippen molar-refractivity contribution in [1.29, 1.82) is 0 Å². The minimum absolute atomic E-state index is 0.144. The first-order chi connectivity index (χ1) is 11.3. The number of non-ortho nitro benzene ring substituents is 1. The van der Waals surface area contributed by atoms with E-state index in [9.17, 15) is 18.5 Å².